The van der Waals surface area contributed by atoms with Gasteiger partial charge in [-0.05, 0) is 69.9 Å². The van der Waals surface area contributed by atoms with Gasteiger partial charge in [-0.15, -0.1) is 0 Å². The molecule has 3 heteroatoms. The van der Waals surface area contributed by atoms with Crippen molar-refractivity contribution >= 4 is 0 Å². The lowest BCUT2D eigenvalue weighted by Crippen LogP contribution is -2.31. The second kappa shape index (κ2) is 6.42. The molecule has 1 N–H and O–H groups in total. The summed E-state index contributed by atoms with van der Waals surface area (Å²) in [6.07, 6.45) is 1.46. The molecule has 0 radical (unpaired) electrons. The van der Waals surface area contributed by atoms with Crippen LogP contribution in [-0.4, -0.2) is 18.0 Å². The summed E-state index contributed by atoms with van der Waals surface area (Å²) in [6.45, 7) is 16.2. The smallest absolute Gasteiger partial charge is 0.156 e. The average molecular weight is 278 g/mol. The summed E-state index contributed by atoms with van der Waals surface area (Å²) in [5, 5.41) is 9.92. The molecule has 1 aromatic rings. The van der Waals surface area contributed by atoms with E-state index in [1.54, 1.807) is 12.1 Å². The van der Waals surface area contributed by atoms with Crippen LogP contribution in [0.1, 0.15) is 43.0 Å². The highest BCUT2D eigenvalue weighted by Crippen LogP contribution is 2.37. The molecule has 20 heavy (non-hydrogen) atoms. The van der Waals surface area contributed by atoms with Crippen molar-refractivity contribution in [2.24, 2.45) is 0 Å². The van der Waals surface area contributed by atoms with E-state index in [0.29, 0.717) is 12.4 Å². The molecule has 3 nitrogen and oxygen atoms in total. The maximum absolute atomic E-state index is 9.92. The molecular weight excluding hydrogens is 252 g/mol. The van der Waals surface area contributed by atoms with Gasteiger partial charge in [0.2, 0.25) is 0 Å². The highest BCUT2D eigenvalue weighted by Gasteiger charge is 2.31. The van der Waals surface area contributed by atoms with Gasteiger partial charge in [0.1, 0.15) is 11.4 Å². The molecule has 112 valence electrons. The van der Waals surface area contributed by atoms with E-state index < -0.39 is 5.60 Å². The summed E-state index contributed by atoms with van der Waals surface area (Å²) in [7, 11) is 0. The fourth-order valence-corrected chi connectivity index (χ4v) is 2.65. The van der Waals surface area contributed by atoms with E-state index in [4.69, 9.17) is 9.47 Å². The number of hydrogen-bond acceptors (Lipinski definition) is 3. The fourth-order valence-electron chi connectivity index (χ4n) is 2.65. The Morgan fingerprint density at radius 1 is 1.35 bits per heavy atom. The van der Waals surface area contributed by atoms with E-state index in [1.165, 1.54) is 0 Å². The molecular formula is C17H26O3. The van der Waals surface area contributed by atoms with Crippen molar-refractivity contribution < 1.29 is 14.6 Å². The van der Waals surface area contributed by atoms with Crippen molar-refractivity contribution in [3.63, 3.8) is 0 Å². The Labute approximate surface area is 122 Å². The van der Waals surface area contributed by atoms with E-state index in [2.05, 4.69) is 6.58 Å². The van der Waals surface area contributed by atoms with E-state index in [9.17, 15) is 5.11 Å². The molecule has 0 aliphatic carbocycles. The van der Waals surface area contributed by atoms with Crippen molar-refractivity contribution in [1.29, 1.82) is 0 Å². The van der Waals surface area contributed by atoms with Crippen molar-refractivity contribution in [2.45, 2.75) is 53.4 Å². The summed E-state index contributed by atoms with van der Waals surface area (Å²) in [5.41, 5.74) is 3.26. The molecule has 0 amide bonds. The predicted octanol–water partition coefficient (Wildman–Crippen LogP) is 4.12. The first-order valence-corrected chi connectivity index (χ1v) is 7.00. The largest absolute Gasteiger partial charge is 0.508 e. The first kappa shape index (κ1) is 16.7. The van der Waals surface area contributed by atoms with Crippen LogP contribution in [0.25, 0.3) is 0 Å². The Morgan fingerprint density at radius 2 is 1.95 bits per heavy atom. The zero-order chi connectivity index (χ0) is 15.5. The maximum atomic E-state index is 9.92. The van der Waals surface area contributed by atoms with E-state index in [-0.39, 0.29) is 6.29 Å². The molecule has 0 bridgehead atoms. The number of rotatable bonds is 6. The lowest BCUT2D eigenvalue weighted by Gasteiger charge is -2.33. The van der Waals surface area contributed by atoms with Crippen LogP contribution in [0.4, 0.5) is 0 Å². The topological polar surface area (TPSA) is 38.7 Å². The predicted molar refractivity (Wildman–Crippen MR) is 82.0 cm³/mol. The van der Waals surface area contributed by atoms with E-state index in [0.717, 1.165) is 22.3 Å². The molecule has 0 fully saturated rings. The van der Waals surface area contributed by atoms with Crippen molar-refractivity contribution in [3.8, 4) is 5.75 Å². The normalized spacial score (nSPS) is 15.7. The third-order valence-electron chi connectivity index (χ3n) is 3.77. The highest BCUT2D eigenvalue weighted by molar-refractivity contribution is 5.50. The van der Waals surface area contributed by atoms with Crippen molar-refractivity contribution in [1.82, 2.24) is 0 Å². The van der Waals surface area contributed by atoms with Crippen molar-refractivity contribution in [3.05, 3.63) is 41.0 Å². The lowest BCUT2D eigenvalue weighted by atomic mass is 9.85. The zero-order valence-electron chi connectivity index (χ0n) is 13.4. The van der Waals surface area contributed by atoms with Gasteiger partial charge in [0.15, 0.2) is 6.29 Å². The first-order valence-electron chi connectivity index (χ1n) is 7.00. The minimum Gasteiger partial charge on any atom is -0.508 e. The SMILES string of the molecule is C=CC(C)(OC(C)OCC)c1c(C)cc(O)c(C)c1C. The first-order chi connectivity index (χ1) is 9.26. The summed E-state index contributed by atoms with van der Waals surface area (Å²) in [5.74, 6) is 0.313. The van der Waals surface area contributed by atoms with Crippen LogP contribution in [0.2, 0.25) is 0 Å². The highest BCUT2D eigenvalue weighted by atomic mass is 16.7. The van der Waals surface area contributed by atoms with Gasteiger partial charge in [-0.25, -0.2) is 0 Å². The molecule has 0 aliphatic heterocycles. The number of aromatic hydroxyl groups is 1. The minimum absolute atomic E-state index is 0.313. The lowest BCUT2D eigenvalue weighted by molar-refractivity contribution is -0.182. The number of phenolic OH excluding ortho intramolecular Hbond substituents is 1. The molecule has 0 saturated carbocycles. The molecule has 1 aromatic carbocycles. The molecule has 2 atom stereocenters. The molecule has 0 heterocycles. The Morgan fingerprint density at radius 3 is 2.45 bits per heavy atom. The minimum atomic E-state index is -0.652. The van der Waals surface area contributed by atoms with Crippen LogP contribution in [0, 0.1) is 20.8 Å². The maximum Gasteiger partial charge on any atom is 0.156 e. The molecule has 1 rings (SSSR count). The Bertz CT molecular complexity index is 493. The second-order valence-electron chi connectivity index (χ2n) is 5.29. The molecule has 0 spiro atoms. The third-order valence-corrected chi connectivity index (χ3v) is 3.77. The number of aryl methyl sites for hydroxylation is 1. The van der Waals surface area contributed by atoms with Crippen LogP contribution in [0.15, 0.2) is 18.7 Å². The van der Waals surface area contributed by atoms with Gasteiger partial charge in [-0.2, -0.15) is 0 Å². The Hall–Kier alpha value is -1.32. The van der Waals surface area contributed by atoms with Gasteiger partial charge in [0.25, 0.3) is 0 Å². The van der Waals surface area contributed by atoms with Crippen LogP contribution >= 0.6 is 0 Å². The van der Waals surface area contributed by atoms with E-state index in [1.807, 2.05) is 41.5 Å². The van der Waals surface area contributed by atoms with Gasteiger partial charge in [-0.3, -0.25) is 0 Å². The third kappa shape index (κ3) is 3.22. The van der Waals surface area contributed by atoms with Crippen LogP contribution < -0.4 is 0 Å². The number of ether oxygens (including phenoxy) is 2. The van der Waals surface area contributed by atoms with E-state index >= 15 is 0 Å². The van der Waals surface area contributed by atoms with Gasteiger partial charge >= 0.3 is 0 Å². The summed E-state index contributed by atoms with van der Waals surface area (Å²) in [4.78, 5) is 0. The van der Waals surface area contributed by atoms with Gasteiger partial charge < -0.3 is 14.6 Å². The van der Waals surface area contributed by atoms with Crippen LogP contribution in [0.3, 0.4) is 0 Å². The number of phenols is 1. The Balaban J connectivity index is 3.31. The molecule has 0 saturated heterocycles. The van der Waals surface area contributed by atoms with Crippen molar-refractivity contribution in [2.75, 3.05) is 6.61 Å². The average Bonchev–Trinajstić information content (AvgIpc) is 2.36. The Kier molecular flexibility index (Phi) is 5.37. The molecule has 2 unspecified atom stereocenters. The zero-order valence-corrected chi connectivity index (χ0v) is 13.4. The van der Waals surface area contributed by atoms with Gasteiger partial charge in [-0.1, -0.05) is 12.7 Å². The monoisotopic (exact) mass is 278 g/mol. The molecule has 0 aliphatic rings. The second-order valence-corrected chi connectivity index (χ2v) is 5.29. The summed E-state index contributed by atoms with van der Waals surface area (Å²) >= 11 is 0. The standard InChI is InChI=1S/C17H26O3/c1-8-17(7,20-14(6)19-9-2)16-11(3)10-15(18)12(4)13(16)5/h8,10,14,18H,1,9H2,2-7H3. The van der Waals surface area contributed by atoms with Gasteiger partial charge in [0.05, 0.1) is 0 Å². The molecule has 0 aromatic heterocycles. The number of benzene rings is 1. The summed E-state index contributed by atoms with van der Waals surface area (Å²) in [6, 6.07) is 1.77. The van der Waals surface area contributed by atoms with Crippen LogP contribution in [0.5, 0.6) is 5.75 Å². The van der Waals surface area contributed by atoms with Gasteiger partial charge in [0, 0.05) is 6.61 Å². The number of hydrogen-bond donors (Lipinski definition) is 1. The quantitative estimate of drug-likeness (QED) is 0.628. The fraction of sp³-hybridized carbons (Fsp3) is 0.529. The van der Waals surface area contributed by atoms with Crippen LogP contribution in [-0.2, 0) is 15.1 Å². The summed E-state index contributed by atoms with van der Waals surface area (Å²) < 4.78 is 11.5.